The molecule has 6 rings (SSSR count). The molecule has 188 valence electrons. The van der Waals surface area contributed by atoms with Crippen molar-refractivity contribution in [2.75, 3.05) is 25.0 Å². The molecule has 0 radical (unpaired) electrons. The first-order valence-electron chi connectivity index (χ1n) is 12.6. The minimum absolute atomic E-state index is 0.0174. The Labute approximate surface area is 214 Å². The van der Waals surface area contributed by atoms with Crippen LogP contribution in [0.3, 0.4) is 0 Å². The Morgan fingerprint density at radius 1 is 1.16 bits per heavy atom. The maximum absolute atomic E-state index is 13.2. The van der Waals surface area contributed by atoms with Gasteiger partial charge in [0, 0.05) is 67.4 Å². The minimum atomic E-state index is -0.898. The van der Waals surface area contributed by atoms with Crippen molar-refractivity contribution in [3.63, 3.8) is 0 Å². The summed E-state index contributed by atoms with van der Waals surface area (Å²) in [5, 5.41) is 13.8. The second kappa shape index (κ2) is 9.05. The number of benzene rings is 1. The molecule has 0 aliphatic carbocycles. The molecule has 1 atom stereocenters. The minimum Gasteiger partial charge on any atom is -0.478 e. The van der Waals surface area contributed by atoms with E-state index in [0.717, 1.165) is 77.3 Å². The lowest BCUT2D eigenvalue weighted by Crippen LogP contribution is -2.32. The second-order valence-electron chi connectivity index (χ2n) is 9.76. The maximum Gasteiger partial charge on any atom is 0.336 e. The van der Waals surface area contributed by atoms with Crippen molar-refractivity contribution in [2.24, 2.45) is 7.05 Å². The summed E-state index contributed by atoms with van der Waals surface area (Å²) in [5.41, 5.74) is 6.80. The summed E-state index contributed by atoms with van der Waals surface area (Å²) in [7, 11) is 2.02. The summed E-state index contributed by atoms with van der Waals surface area (Å²) in [6.07, 6.45) is 7.27. The van der Waals surface area contributed by atoms with Crippen molar-refractivity contribution in [3.8, 4) is 5.69 Å². The lowest BCUT2D eigenvalue weighted by Gasteiger charge is -2.32. The zero-order chi connectivity index (χ0) is 25.7. The Morgan fingerprint density at radius 2 is 2.00 bits per heavy atom. The molecule has 0 bridgehead atoms. The second-order valence-corrected chi connectivity index (χ2v) is 9.76. The number of hydrogen-bond acceptors (Lipinski definition) is 5. The molecular formula is C29H29N5O3. The third kappa shape index (κ3) is 3.84. The zero-order valence-corrected chi connectivity index (χ0v) is 20.9. The average molecular weight is 496 g/mol. The molecular weight excluding hydrogens is 466 g/mol. The fraction of sp³-hybridized carbons (Fsp3) is 0.276. The Kier molecular flexibility index (Phi) is 5.68. The van der Waals surface area contributed by atoms with E-state index in [9.17, 15) is 14.7 Å². The number of nitrogens with one attached hydrogen (secondary N) is 1. The van der Waals surface area contributed by atoms with Gasteiger partial charge >= 0.3 is 5.97 Å². The van der Waals surface area contributed by atoms with Crippen molar-refractivity contribution in [1.29, 1.82) is 0 Å². The average Bonchev–Trinajstić information content (AvgIpc) is 3.54. The van der Waals surface area contributed by atoms with Crippen molar-refractivity contribution in [3.05, 3.63) is 93.7 Å². The number of carboxylic acids is 1. The molecule has 4 aromatic rings. The van der Waals surface area contributed by atoms with Gasteiger partial charge in [0.2, 0.25) is 0 Å². The summed E-state index contributed by atoms with van der Waals surface area (Å²) in [6, 6.07) is 13.4. The molecule has 2 aliphatic rings. The van der Waals surface area contributed by atoms with Crippen LogP contribution in [0.4, 0.5) is 5.69 Å². The van der Waals surface area contributed by atoms with E-state index in [2.05, 4.69) is 38.8 Å². The highest BCUT2D eigenvalue weighted by atomic mass is 16.4. The predicted molar refractivity (Wildman–Crippen MR) is 144 cm³/mol. The summed E-state index contributed by atoms with van der Waals surface area (Å²) in [4.78, 5) is 31.9. The van der Waals surface area contributed by atoms with Gasteiger partial charge in [0.15, 0.2) is 0 Å². The quantitative estimate of drug-likeness (QED) is 0.430. The van der Waals surface area contributed by atoms with E-state index in [1.807, 2.05) is 37.5 Å². The van der Waals surface area contributed by atoms with Gasteiger partial charge in [-0.15, -0.1) is 0 Å². The Balaban J connectivity index is 1.32. The van der Waals surface area contributed by atoms with Crippen LogP contribution in [0.15, 0.2) is 65.7 Å². The SMILES string of the molecule is CC(c1cc2c(-n3ccc4c(c3=O)CCN4)ccnc2n1C)N1CC=C(c2ccccc2C(=O)O)CC1. The van der Waals surface area contributed by atoms with Crippen molar-refractivity contribution >= 4 is 28.3 Å². The highest BCUT2D eigenvalue weighted by Crippen LogP contribution is 2.33. The fourth-order valence-electron chi connectivity index (χ4n) is 5.75. The topological polar surface area (TPSA) is 92.4 Å². The standard InChI is InChI=1S/C29H29N5O3/c1-18(33-14-9-19(10-15-33)20-5-3-4-6-21(20)29(36)37)26-17-23-25(8-13-31-27(23)32(26)2)34-16-11-24-22(28(34)35)7-12-30-24/h3-6,8-9,11,13,16-18,30H,7,10,12,14-15H2,1-2H3,(H,36,37). The van der Waals surface area contributed by atoms with E-state index in [1.54, 1.807) is 22.9 Å². The van der Waals surface area contributed by atoms with Crippen molar-refractivity contribution in [1.82, 2.24) is 19.0 Å². The number of pyridine rings is 2. The van der Waals surface area contributed by atoms with E-state index >= 15 is 0 Å². The van der Waals surface area contributed by atoms with Crippen LogP contribution in [-0.2, 0) is 13.5 Å². The Hall–Kier alpha value is -4.17. The Morgan fingerprint density at radius 3 is 2.78 bits per heavy atom. The molecule has 0 fully saturated rings. The van der Waals surface area contributed by atoms with Gasteiger partial charge in [-0.05, 0) is 55.2 Å². The van der Waals surface area contributed by atoms with Gasteiger partial charge in [-0.1, -0.05) is 24.3 Å². The van der Waals surface area contributed by atoms with E-state index < -0.39 is 5.97 Å². The summed E-state index contributed by atoms with van der Waals surface area (Å²) >= 11 is 0. The predicted octanol–water partition coefficient (Wildman–Crippen LogP) is 4.24. The van der Waals surface area contributed by atoms with Crippen LogP contribution < -0.4 is 10.9 Å². The summed E-state index contributed by atoms with van der Waals surface area (Å²) in [5.74, 6) is -0.898. The molecule has 0 saturated carbocycles. The van der Waals surface area contributed by atoms with Gasteiger partial charge < -0.3 is 15.0 Å². The number of aromatic nitrogens is 3. The van der Waals surface area contributed by atoms with Gasteiger partial charge in [0.25, 0.3) is 5.56 Å². The van der Waals surface area contributed by atoms with Gasteiger partial charge in [-0.2, -0.15) is 0 Å². The number of aromatic carboxylic acids is 1. The number of carboxylic acid groups (broad SMARTS) is 1. The van der Waals surface area contributed by atoms with Crippen LogP contribution in [0.2, 0.25) is 0 Å². The van der Waals surface area contributed by atoms with Gasteiger partial charge in [0.05, 0.1) is 11.3 Å². The lowest BCUT2D eigenvalue weighted by atomic mass is 9.94. The van der Waals surface area contributed by atoms with E-state index in [-0.39, 0.29) is 11.6 Å². The van der Waals surface area contributed by atoms with Crippen molar-refractivity contribution in [2.45, 2.75) is 25.8 Å². The summed E-state index contributed by atoms with van der Waals surface area (Å²) < 4.78 is 3.85. The van der Waals surface area contributed by atoms with Crippen LogP contribution >= 0.6 is 0 Å². The van der Waals surface area contributed by atoms with E-state index in [4.69, 9.17) is 0 Å². The molecule has 2 N–H and O–H groups in total. The molecule has 8 nitrogen and oxygen atoms in total. The number of hydrogen-bond donors (Lipinski definition) is 2. The number of rotatable bonds is 5. The normalized spacial score (nSPS) is 16.3. The monoisotopic (exact) mass is 495 g/mol. The molecule has 5 heterocycles. The van der Waals surface area contributed by atoms with E-state index in [0.29, 0.717) is 5.56 Å². The highest BCUT2D eigenvalue weighted by Gasteiger charge is 2.25. The van der Waals surface area contributed by atoms with Gasteiger partial charge in [-0.25, -0.2) is 9.78 Å². The molecule has 37 heavy (non-hydrogen) atoms. The van der Waals surface area contributed by atoms with Crippen LogP contribution in [0.1, 0.15) is 46.6 Å². The smallest absolute Gasteiger partial charge is 0.336 e. The third-order valence-electron chi connectivity index (χ3n) is 7.81. The van der Waals surface area contributed by atoms with Crippen molar-refractivity contribution < 1.29 is 9.90 Å². The molecule has 3 aromatic heterocycles. The molecule has 2 aliphatic heterocycles. The molecule has 1 aromatic carbocycles. The molecule has 0 spiro atoms. The first-order valence-corrected chi connectivity index (χ1v) is 12.6. The first-order chi connectivity index (χ1) is 17.9. The molecule has 1 unspecified atom stereocenters. The Bertz CT molecular complexity index is 1630. The maximum atomic E-state index is 13.2. The lowest BCUT2D eigenvalue weighted by molar-refractivity contribution is 0.0696. The number of fused-ring (bicyclic) bond motifs is 2. The van der Waals surface area contributed by atoms with E-state index in [1.165, 1.54) is 0 Å². The number of aryl methyl sites for hydroxylation is 1. The molecule has 0 amide bonds. The molecule has 0 saturated heterocycles. The summed E-state index contributed by atoms with van der Waals surface area (Å²) in [6.45, 7) is 4.52. The largest absolute Gasteiger partial charge is 0.478 e. The van der Waals surface area contributed by atoms with Crippen LogP contribution in [0, 0.1) is 0 Å². The van der Waals surface area contributed by atoms with Crippen LogP contribution in [0.5, 0.6) is 0 Å². The zero-order valence-electron chi connectivity index (χ0n) is 20.9. The van der Waals surface area contributed by atoms with Crippen LogP contribution in [0.25, 0.3) is 22.3 Å². The number of anilines is 1. The third-order valence-corrected chi connectivity index (χ3v) is 7.81. The first kappa shape index (κ1) is 23.2. The highest BCUT2D eigenvalue weighted by molar-refractivity contribution is 5.94. The fourth-order valence-corrected chi connectivity index (χ4v) is 5.75. The molecule has 8 heteroatoms. The number of nitrogens with zero attached hydrogens (tertiary/aromatic N) is 4. The van der Waals surface area contributed by atoms with Gasteiger partial charge in [-0.3, -0.25) is 14.3 Å². The van der Waals surface area contributed by atoms with Gasteiger partial charge in [0.1, 0.15) is 5.65 Å². The number of carbonyl (C=O) groups is 1. The van der Waals surface area contributed by atoms with Crippen LogP contribution in [-0.4, -0.2) is 49.7 Å².